The van der Waals surface area contributed by atoms with Gasteiger partial charge in [0.15, 0.2) is 0 Å². The van der Waals surface area contributed by atoms with Crippen molar-refractivity contribution in [1.82, 2.24) is 0 Å². The van der Waals surface area contributed by atoms with Crippen LogP contribution in [0.3, 0.4) is 0 Å². The fraction of sp³-hybridized carbons (Fsp3) is 1.00. The Balaban J connectivity index is 4.12. The average molecular weight is 340 g/mol. The van der Waals surface area contributed by atoms with Crippen molar-refractivity contribution < 1.29 is 35.8 Å². The predicted molar refractivity (Wildman–Crippen MR) is 69.2 cm³/mol. The van der Waals surface area contributed by atoms with Crippen molar-refractivity contribution in [3.8, 4) is 0 Å². The highest BCUT2D eigenvalue weighted by Crippen LogP contribution is 2.48. The molecule has 0 radical (unpaired) electrons. The third kappa shape index (κ3) is 6.71. The van der Waals surface area contributed by atoms with E-state index in [1.165, 1.54) is 0 Å². The molecule has 8 heteroatoms. The number of rotatable bonds is 11. The van der Waals surface area contributed by atoms with Gasteiger partial charge >= 0.3 is 18.0 Å². The van der Waals surface area contributed by atoms with Crippen molar-refractivity contribution in [3.05, 3.63) is 0 Å². The van der Waals surface area contributed by atoms with Crippen molar-refractivity contribution in [2.45, 2.75) is 88.8 Å². The quantitative estimate of drug-likeness (QED) is 0.377. The number of aliphatic hydroxyl groups is 1. The van der Waals surface area contributed by atoms with E-state index < -0.39 is 30.5 Å². The Morgan fingerprint density at radius 3 is 1.68 bits per heavy atom. The summed E-state index contributed by atoms with van der Waals surface area (Å²) in [5.74, 6) is -11.5. The maximum atomic E-state index is 13.0. The molecule has 0 aliphatic carbocycles. The van der Waals surface area contributed by atoms with Crippen LogP contribution in [0, 0.1) is 0 Å². The van der Waals surface area contributed by atoms with E-state index in [-0.39, 0.29) is 6.42 Å². The molecule has 0 aromatic carbocycles. The van der Waals surface area contributed by atoms with E-state index in [4.69, 9.17) is 0 Å². The minimum Gasteiger partial charge on any atom is -0.393 e. The van der Waals surface area contributed by atoms with E-state index in [0.29, 0.717) is 12.8 Å². The summed E-state index contributed by atoms with van der Waals surface area (Å²) < 4.78 is 87.1. The summed E-state index contributed by atoms with van der Waals surface area (Å²) in [6, 6.07) is 0. The zero-order chi connectivity index (χ0) is 17.4. The molecule has 0 spiro atoms. The van der Waals surface area contributed by atoms with Gasteiger partial charge in [0.2, 0.25) is 0 Å². The molecule has 0 aromatic rings. The summed E-state index contributed by atoms with van der Waals surface area (Å²) in [5.41, 5.74) is 0. The van der Waals surface area contributed by atoms with E-state index in [0.717, 1.165) is 32.1 Å². The van der Waals surface area contributed by atoms with Gasteiger partial charge in [-0.3, -0.25) is 0 Å². The third-order valence-corrected chi connectivity index (χ3v) is 3.45. The minimum absolute atomic E-state index is 0.211. The van der Waals surface area contributed by atoms with E-state index in [9.17, 15) is 35.8 Å². The monoisotopic (exact) mass is 340 g/mol. The van der Waals surface area contributed by atoms with Crippen LogP contribution < -0.4 is 0 Å². The molecule has 0 heterocycles. The largest absolute Gasteiger partial charge is 0.459 e. The highest BCUT2D eigenvalue weighted by molar-refractivity contribution is 4.92. The Morgan fingerprint density at radius 1 is 0.773 bits per heavy atom. The van der Waals surface area contributed by atoms with Gasteiger partial charge in [-0.15, -0.1) is 0 Å². The number of halogens is 7. The van der Waals surface area contributed by atoms with Gasteiger partial charge in [-0.1, -0.05) is 51.9 Å². The molecule has 1 unspecified atom stereocenters. The number of alkyl halides is 7. The summed E-state index contributed by atoms with van der Waals surface area (Å²) in [5, 5.41) is 9.27. The lowest BCUT2D eigenvalue weighted by molar-refractivity contribution is -0.358. The number of unbranched alkanes of at least 4 members (excludes halogenated alkanes) is 6. The Bertz CT molecular complexity index is 302. The lowest BCUT2D eigenvalue weighted by Gasteiger charge is -2.29. The topological polar surface area (TPSA) is 20.2 Å². The second-order valence-corrected chi connectivity index (χ2v) is 5.54. The molecule has 0 bridgehead atoms. The Labute approximate surface area is 125 Å². The molecule has 0 aliphatic heterocycles. The summed E-state index contributed by atoms with van der Waals surface area (Å²) in [7, 11) is 0. The first-order valence-electron chi connectivity index (χ1n) is 7.46. The van der Waals surface area contributed by atoms with E-state index in [2.05, 4.69) is 0 Å². The van der Waals surface area contributed by atoms with Crippen LogP contribution >= 0.6 is 0 Å². The van der Waals surface area contributed by atoms with Crippen molar-refractivity contribution in [3.63, 3.8) is 0 Å². The van der Waals surface area contributed by atoms with Gasteiger partial charge in [-0.05, 0) is 6.42 Å². The highest BCUT2D eigenvalue weighted by Gasteiger charge is 2.72. The van der Waals surface area contributed by atoms with Gasteiger partial charge in [0, 0.05) is 6.42 Å². The smallest absolute Gasteiger partial charge is 0.393 e. The molecular weight excluding hydrogens is 317 g/mol. The molecule has 0 aromatic heterocycles. The van der Waals surface area contributed by atoms with Crippen molar-refractivity contribution in [1.29, 1.82) is 0 Å². The normalized spacial score (nSPS) is 15.1. The first kappa shape index (κ1) is 21.5. The van der Waals surface area contributed by atoms with Gasteiger partial charge < -0.3 is 5.11 Å². The molecule has 22 heavy (non-hydrogen) atoms. The predicted octanol–water partition coefficient (Wildman–Crippen LogP) is 5.71. The molecule has 1 atom stereocenters. The van der Waals surface area contributed by atoms with Gasteiger partial charge in [-0.2, -0.15) is 30.7 Å². The molecular formula is C14H23F7O. The van der Waals surface area contributed by atoms with Crippen LogP contribution in [0.25, 0.3) is 0 Å². The van der Waals surface area contributed by atoms with E-state index in [1.54, 1.807) is 0 Å². The van der Waals surface area contributed by atoms with E-state index in [1.807, 2.05) is 6.92 Å². The first-order chi connectivity index (χ1) is 9.95. The molecule has 0 saturated carbocycles. The standard InChI is InChI=1S/C14H23F7O/c1-2-3-4-5-6-7-8-9-11(22)10-12(15,16)13(17,18)14(19,20)21/h11,22H,2-10H2,1H3. The van der Waals surface area contributed by atoms with Crippen LogP contribution in [0.2, 0.25) is 0 Å². The number of hydrogen-bond donors (Lipinski definition) is 1. The van der Waals surface area contributed by atoms with Gasteiger partial charge in [0.1, 0.15) is 0 Å². The van der Waals surface area contributed by atoms with Crippen molar-refractivity contribution in [2.75, 3.05) is 0 Å². The summed E-state index contributed by atoms with van der Waals surface area (Å²) in [4.78, 5) is 0. The average Bonchev–Trinajstić information content (AvgIpc) is 2.35. The minimum atomic E-state index is -6.34. The molecule has 0 rings (SSSR count). The van der Waals surface area contributed by atoms with Gasteiger partial charge in [-0.25, -0.2) is 0 Å². The summed E-state index contributed by atoms with van der Waals surface area (Å²) in [6.07, 6.45) is -4.41. The molecule has 0 amide bonds. The Hall–Kier alpha value is -0.530. The second kappa shape index (κ2) is 8.93. The van der Waals surface area contributed by atoms with Crippen LogP contribution in [-0.4, -0.2) is 29.2 Å². The number of hydrogen-bond acceptors (Lipinski definition) is 1. The lowest BCUT2D eigenvalue weighted by atomic mass is 9.99. The molecule has 1 N–H and O–H groups in total. The van der Waals surface area contributed by atoms with Gasteiger partial charge in [0.05, 0.1) is 6.10 Å². The lowest BCUT2D eigenvalue weighted by Crippen LogP contribution is -2.53. The SMILES string of the molecule is CCCCCCCCCC(O)CC(F)(F)C(F)(F)C(F)(F)F. The maximum Gasteiger partial charge on any atom is 0.459 e. The number of aliphatic hydroxyl groups excluding tert-OH is 1. The van der Waals surface area contributed by atoms with Crippen LogP contribution in [0.5, 0.6) is 0 Å². The fourth-order valence-electron chi connectivity index (χ4n) is 2.07. The zero-order valence-corrected chi connectivity index (χ0v) is 12.5. The van der Waals surface area contributed by atoms with Crippen LogP contribution in [0.15, 0.2) is 0 Å². The Kier molecular flexibility index (Phi) is 8.72. The summed E-state index contributed by atoms with van der Waals surface area (Å²) in [6.45, 7) is 2.05. The maximum absolute atomic E-state index is 13.0. The first-order valence-corrected chi connectivity index (χ1v) is 7.46. The molecule has 0 fully saturated rings. The van der Waals surface area contributed by atoms with Crippen molar-refractivity contribution in [2.24, 2.45) is 0 Å². The van der Waals surface area contributed by atoms with Crippen LogP contribution in [0.4, 0.5) is 30.7 Å². The molecule has 0 aliphatic rings. The second-order valence-electron chi connectivity index (χ2n) is 5.54. The molecule has 0 saturated heterocycles. The van der Waals surface area contributed by atoms with Gasteiger partial charge in [0.25, 0.3) is 0 Å². The fourth-order valence-corrected chi connectivity index (χ4v) is 2.07. The van der Waals surface area contributed by atoms with Crippen LogP contribution in [-0.2, 0) is 0 Å². The van der Waals surface area contributed by atoms with E-state index >= 15 is 0 Å². The molecule has 1 nitrogen and oxygen atoms in total. The third-order valence-electron chi connectivity index (χ3n) is 3.45. The molecule has 134 valence electrons. The zero-order valence-electron chi connectivity index (χ0n) is 12.5. The Morgan fingerprint density at radius 2 is 1.23 bits per heavy atom. The highest BCUT2D eigenvalue weighted by atomic mass is 19.4. The summed E-state index contributed by atoms with van der Waals surface area (Å²) >= 11 is 0. The van der Waals surface area contributed by atoms with Crippen molar-refractivity contribution >= 4 is 0 Å². The van der Waals surface area contributed by atoms with Crippen LogP contribution in [0.1, 0.15) is 64.7 Å².